The summed E-state index contributed by atoms with van der Waals surface area (Å²) in [5.74, 6) is -2.91. The molecule has 0 saturated carbocycles. The van der Waals surface area contributed by atoms with Gasteiger partial charge in [-0.3, -0.25) is 4.79 Å². The smallest absolute Gasteiger partial charge is 0.371 e. The molecule has 0 saturated heterocycles. The first-order valence-electron chi connectivity index (χ1n) is 4.81. The molecule has 1 N–H and O–H groups in total. The number of furan rings is 1. The fourth-order valence-electron chi connectivity index (χ4n) is 1.40. The maximum absolute atomic E-state index is 13.1. The Labute approximate surface area is 109 Å². The van der Waals surface area contributed by atoms with Crippen molar-refractivity contribution in [1.82, 2.24) is 0 Å². The maximum Gasteiger partial charge on any atom is 0.371 e. The van der Waals surface area contributed by atoms with Gasteiger partial charge in [0.25, 0.3) is 0 Å². The number of halogens is 2. The molecule has 0 spiro atoms. The van der Waals surface area contributed by atoms with Crippen molar-refractivity contribution in [2.75, 3.05) is 0 Å². The number of carbonyl (C=O) groups is 2. The first-order chi connectivity index (χ1) is 8.47. The maximum atomic E-state index is 13.1. The highest BCUT2D eigenvalue weighted by atomic mass is 79.9. The van der Waals surface area contributed by atoms with Gasteiger partial charge in [-0.1, -0.05) is 15.9 Å². The topological polar surface area (TPSA) is 67.5 Å². The molecule has 1 aromatic carbocycles. The third kappa shape index (κ3) is 2.48. The van der Waals surface area contributed by atoms with Gasteiger partial charge in [0.2, 0.25) is 11.5 Å². The summed E-state index contributed by atoms with van der Waals surface area (Å²) in [7, 11) is 0. The lowest BCUT2D eigenvalue weighted by molar-refractivity contribution is 0.0660. The fraction of sp³-hybridized carbons (Fsp3) is 0. The van der Waals surface area contributed by atoms with E-state index in [1.165, 1.54) is 24.3 Å². The van der Waals surface area contributed by atoms with Crippen molar-refractivity contribution >= 4 is 27.7 Å². The van der Waals surface area contributed by atoms with Crippen molar-refractivity contribution in [3.05, 3.63) is 57.7 Å². The number of hydrogen-bond acceptors (Lipinski definition) is 3. The van der Waals surface area contributed by atoms with Crippen LogP contribution < -0.4 is 0 Å². The van der Waals surface area contributed by atoms with Gasteiger partial charge in [-0.05, 0) is 30.3 Å². The van der Waals surface area contributed by atoms with Crippen molar-refractivity contribution in [2.24, 2.45) is 0 Å². The number of aromatic carboxylic acids is 1. The summed E-state index contributed by atoms with van der Waals surface area (Å²) in [5, 5.41) is 8.67. The number of hydrogen-bond donors (Lipinski definition) is 1. The lowest BCUT2D eigenvalue weighted by Gasteiger charge is -1.99. The van der Waals surface area contributed by atoms with Gasteiger partial charge in [-0.25, -0.2) is 9.18 Å². The minimum absolute atomic E-state index is 0.0770. The van der Waals surface area contributed by atoms with Gasteiger partial charge < -0.3 is 9.52 Å². The SMILES string of the molecule is O=C(O)c1ccc(C(=O)c2cc(F)cc(Br)c2)o1. The van der Waals surface area contributed by atoms with Gasteiger partial charge >= 0.3 is 5.97 Å². The van der Waals surface area contributed by atoms with Crippen molar-refractivity contribution in [2.45, 2.75) is 0 Å². The van der Waals surface area contributed by atoms with Gasteiger partial charge in [-0.2, -0.15) is 0 Å². The number of benzene rings is 1. The van der Waals surface area contributed by atoms with Gasteiger partial charge in [0, 0.05) is 10.0 Å². The van der Waals surface area contributed by atoms with Crippen LogP contribution in [0.15, 0.2) is 39.2 Å². The molecule has 0 aliphatic carbocycles. The van der Waals surface area contributed by atoms with E-state index >= 15 is 0 Å². The molecule has 1 heterocycles. The first-order valence-corrected chi connectivity index (χ1v) is 5.60. The van der Waals surface area contributed by atoms with Crippen LogP contribution in [0.1, 0.15) is 26.7 Å². The van der Waals surface area contributed by atoms with Crippen LogP contribution in [0.2, 0.25) is 0 Å². The summed E-state index contributed by atoms with van der Waals surface area (Å²) in [6.45, 7) is 0. The van der Waals surface area contributed by atoms with E-state index in [1.54, 1.807) is 0 Å². The van der Waals surface area contributed by atoms with Gasteiger partial charge in [0.05, 0.1) is 0 Å². The second-order valence-corrected chi connectivity index (χ2v) is 4.37. The van der Waals surface area contributed by atoms with Gasteiger partial charge in [0.15, 0.2) is 5.76 Å². The summed E-state index contributed by atoms with van der Waals surface area (Å²) in [6.07, 6.45) is 0. The molecule has 4 nitrogen and oxygen atoms in total. The summed E-state index contributed by atoms with van der Waals surface area (Å²) < 4.78 is 18.4. The molecule has 6 heteroatoms. The quantitative estimate of drug-likeness (QED) is 0.884. The average Bonchev–Trinajstić information content (AvgIpc) is 2.75. The lowest BCUT2D eigenvalue weighted by Crippen LogP contribution is -2.01. The van der Waals surface area contributed by atoms with E-state index in [2.05, 4.69) is 15.9 Å². The summed E-state index contributed by atoms with van der Waals surface area (Å²) in [5.41, 5.74) is 0.0770. The van der Waals surface area contributed by atoms with E-state index in [-0.39, 0.29) is 17.1 Å². The molecule has 0 fully saturated rings. The normalized spacial score (nSPS) is 10.3. The molecular formula is C12H6BrFO4. The minimum Gasteiger partial charge on any atom is -0.475 e. The number of carboxylic acids is 1. The van der Waals surface area contributed by atoms with Crippen LogP contribution in [-0.2, 0) is 0 Å². The molecule has 0 bridgehead atoms. The fourth-order valence-corrected chi connectivity index (χ4v) is 1.87. The molecule has 0 aliphatic heterocycles. The number of carboxylic acid groups (broad SMARTS) is 1. The Balaban J connectivity index is 2.38. The van der Waals surface area contributed by atoms with Crippen LogP contribution in [0.25, 0.3) is 0 Å². The average molecular weight is 313 g/mol. The molecule has 18 heavy (non-hydrogen) atoms. The van der Waals surface area contributed by atoms with E-state index in [1.807, 2.05) is 0 Å². The molecule has 0 atom stereocenters. The monoisotopic (exact) mass is 312 g/mol. The van der Waals surface area contributed by atoms with Crippen LogP contribution in [0, 0.1) is 5.82 Å². The Hall–Kier alpha value is -1.95. The molecule has 0 unspecified atom stereocenters. The lowest BCUT2D eigenvalue weighted by atomic mass is 10.1. The number of rotatable bonds is 3. The van der Waals surface area contributed by atoms with E-state index in [4.69, 9.17) is 9.52 Å². The van der Waals surface area contributed by atoms with Crippen LogP contribution >= 0.6 is 15.9 Å². The molecule has 0 aliphatic rings. The van der Waals surface area contributed by atoms with E-state index in [0.717, 1.165) is 6.07 Å². The van der Waals surface area contributed by atoms with Crippen LogP contribution in [0.3, 0.4) is 0 Å². The van der Waals surface area contributed by atoms with Crippen LogP contribution in [0.4, 0.5) is 4.39 Å². The highest BCUT2D eigenvalue weighted by Gasteiger charge is 2.17. The van der Waals surface area contributed by atoms with E-state index in [9.17, 15) is 14.0 Å². The zero-order valence-corrected chi connectivity index (χ0v) is 10.4. The molecule has 0 amide bonds. The largest absolute Gasteiger partial charge is 0.475 e. The Morgan fingerprint density at radius 1 is 1.17 bits per heavy atom. The summed E-state index contributed by atoms with van der Waals surface area (Å²) in [4.78, 5) is 22.5. The van der Waals surface area contributed by atoms with Crippen molar-refractivity contribution in [1.29, 1.82) is 0 Å². The molecular weight excluding hydrogens is 307 g/mol. The summed E-state index contributed by atoms with van der Waals surface area (Å²) >= 11 is 3.07. The highest BCUT2D eigenvalue weighted by Crippen LogP contribution is 2.19. The van der Waals surface area contributed by atoms with Gasteiger partial charge in [-0.15, -0.1) is 0 Å². The molecule has 2 rings (SSSR count). The minimum atomic E-state index is -1.27. The van der Waals surface area contributed by atoms with E-state index in [0.29, 0.717) is 4.47 Å². The van der Waals surface area contributed by atoms with Crippen molar-refractivity contribution in [3.8, 4) is 0 Å². The zero-order chi connectivity index (χ0) is 13.3. The second kappa shape index (κ2) is 4.73. The Morgan fingerprint density at radius 2 is 1.83 bits per heavy atom. The van der Waals surface area contributed by atoms with Gasteiger partial charge in [0.1, 0.15) is 5.82 Å². The second-order valence-electron chi connectivity index (χ2n) is 3.46. The molecule has 1 aromatic heterocycles. The van der Waals surface area contributed by atoms with Crippen molar-refractivity contribution < 1.29 is 23.5 Å². The standard InChI is InChI=1S/C12H6BrFO4/c13-7-3-6(4-8(14)5-7)11(15)9-1-2-10(18-9)12(16)17/h1-5H,(H,16,17). The zero-order valence-electron chi connectivity index (χ0n) is 8.81. The molecule has 2 aromatic rings. The Morgan fingerprint density at radius 3 is 2.39 bits per heavy atom. The highest BCUT2D eigenvalue weighted by molar-refractivity contribution is 9.10. The Kier molecular flexibility index (Phi) is 3.29. The third-order valence-electron chi connectivity index (χ3n) is 2.17. The first kappa shape index (κ1) is 12.5. The van der Waals surface area contributed by atoms with Crippen LogP contribution in [-0.4, -0.2) is 16.9 Å². The van der Waals surface area contributed by atoms with Crippen molar-refractivity contribution in [3.63, 3.8) is 0 Å². The summed E-state index contributed by atoms with van der Waals surface area (Å²) in [6, 6.07) is 6.10. The third-order valence-corrected chi connectivity index (χ3v) is 2.62. The molecule has 92 valence electrons. The predicted octanol–water partition coefficient (Wildman–Crippen LogP) is 3.11. The Bertz CT molecular complexity index is 613. The van der Waals surface area contributed by atoms with Crippen LogP contribution in [0.5, 0.6) is 0 Å². The molecule has 0 radical (unpaired) electrons. The number of ketones is 1. The predicted molar refractivity (Wildman–Crippen MR) is 63.2 cm³/mol. The van der Waals surface area contributed by atoms with E-state index < -0.39 is 17.6 Å². The number of carbonyl (C=O) groups excluding carboxylic acids is 1.